The topological polar surface area (TPSA) is 61.9 Å². The number of carbonyl (C=O) groups is 1. The van der Waals surface area contributed by atoms with Crippen LogP contribution in [-0.4, -0.2) is 33.0 Å². The van der Waals surface area contributed by atoms with Crippen molar-refractivity contribution in [1.29, 1.82) is 0 Å². The quantitative estimate of drug-likeness (QED) is 0.941. The van der Waals surface area contributed by atoms with Crippen molar-refractivity contribution in [2.24, 2.45) is 0 Å². The number of hydrogen-bond acceptors (Lipinski definition) is 3. The monoisotopic (exact) mass is 306 g/mol. The SMILES string of the molecule is CC(C)c1nc(C(=O)N(C)C(C)c2cccc(Cl)c2)n[nH]1. The first-order valence-corrected chi connectivity index (χ1v) is 7.23. The van der Waals surface area contributed by atoms with E-state index in [4.69, 9.17) is 11.6 Å². The van der Waals surface area contributed by atoms with Crippen LogP contribution in [0.1, 0.15) is 54.7 Å². The number of benzene rings is 1. The minimum Gasteiger partial charge on any atom is -0.332 e. The Hall–Kier alpha value is -1.88. The predicted octanol–water partition coefficient (Wildman–Crippen LogP) is 3.41. The Morgan fingerprint density at radius 1 is 1.33 bits per heavy atom. The molecule has 1 heterocycles. The third-order valence-corrected chi connectivity index (χ3v) is 3.71. The number of rotatable bonds is 4. The molecule has 0 radical (unpaired) electrons. The Kier molecular flexibility index (Phi) is 4.63. The van der Waals surface area contributed by atoms with E-state index < -0.39 is 0 Å². The number of aromatic nitrogens is 3. The Morgan fingerprint density at radius 3 is 2.62 bits per heavy atom. The van der Waals surface area contributed by atoms with Gasteiger partial charge in [0, 0.05) is 18.0 Å². The van der Waals surface area contributed by atoms with Gasteiger partial charge < -0.3 is 4.90 Å². The molecule has 1 aromatic carbocycles. The fourth-order valence-electron chi connectivity index (χ4n) is 1.95. The van der Waals surface area contributed by atoms with Gasteiger partial charge in [-0.1, -0.05) is 37.6 Å². The minimum absolute atomic E-state index is 0.114. The molecular weight excluding hydrogens is 288 g/mol. The summed E-state index contributed by atoms with van der Waals surface area (Å²) in [5.41, 5.74) is 0.970. The molecule has 1 amide bonds. The van der Waals surface area contributed by atoms with E-state index in [2.05, 4.69) is 15.2 Å². The van der Waals surface area contributed by atoms with Crippen LogP contribution in [0.25, 0.3) is 0 Å². The van der Waals surface area contributed by atoms with E-state index in [1.807, 2.05) is 45.0 Å². The molecule has 0 spiro atoms. The third-order valence-electron chi connectivity index (χ3n) is 3.47. The lowest BCUT2D eigenvalue weighted by atomic mass is 10.1. The van der Waals surface area contributed by atoms with E-state index in [9.17, 15) is 4.79 Å². The van der Waals surface area contributed by atoms with Crippen molar-refractivity contribution in [2.75, 3.05) is 7.05 Å². The van der Waals surface area contributed by atoms with Gasteiger partial charge in [-0.3, -0.25) is 9.89 Å². The highest BCUT2D eigenvalue weighted by atomic mass is 35.5. The zero-order valence-corrected chi connectivity index (χ0v) is 13.3. The van der Waals surface area contributed by atoms with Crippen LogP contribution < -0.4 is 0 Å². The summed E-state index contributed by atoms with van der Waals surface area (Å²) in [6.45, 7) is 5.93. The number of halogens is 1. The predicted molar refractivity (Wildman–Crippen MR) is 82.4 cm³/mol. The third kappa shape index (κ3) is 3.42. The largest absolute Gasteiger partial charge is 0.332 e. The highest BCUT2D eigenvalue weighted by Gasteiger charge is 2.23. The number of aromatic amines is 1. The number of carbonyl (C=O) groups excluding carboxylic acids is 1. The second-order valence-corrected chi connectivity index (χ2v) is 5.78. The van der Waals surface area contributed by atoms with Gasteiger partial charge in [0.15, 0.2) is 0 Å². The molecule has 2 aromatic rings. The second-order valence-electron chi connectivity index (χ2n) is 5.35. The summed E-state index contributed by atoms with van der Waals surface area (Å²) in [7, 11) is 1.74. The van der Waals surface area contributed by atoms with Gasteiger partial charge in [-0.2, -0.15) is 0 Å². The molecule has 0 bridgehead atoms. The number of H-pyrrole nitrogens is 1. The first-order chi connectivity index (χ1) is 9.90. The number of nitrogens with zero attached hydrogens (tertiary/aromatic N) is 3. The molecule has 1 aromatic heterocycles. The van der Waals surface area contributed by atoms with Gasteiger partial charge in [0.05, 0.1) is 6.04 Å². The molecule has 6 heteroatoms. The first-order valence-electron chi connectivity index (χ1n) is 6.85. The normalized spacial score (nSPS) is 12.5. The maximum Gasteiger partial charge on any atom is 0.293 e. The summed E-state index contributed by atoms with van der Waals surface area (Å²) in [6.07, 6.45) is 0. The smallest absolute Gasteiger partial charge is 0.293 e. The van der Waals surface area contributed by atoms with E-state index >= 15 is 0 Å². The highest BCUT2D eigenvalue weighted by Crippen LogP contribution is 2.23. The van der Waals surface area contributed by atoms with Crippen molar-refractivity contribution < 1.29 is 4.79 Å². The summed E-state index contributed by atoms with van der Waals surface area (Å²) in [6, 6.07) is 7.36. The Bertz CT molecular complexity index is 638. The molecule has 5 nitrogen and oxygen atoms in total. The maximum atomic E-state index is 12.4. The number of hydrogen-bond donors (Lipinski definition) is 1. The molecule has 1 unspecified atom stereocenters. The zero-order valence-electron chi connectivity index (χ0n) is 12.6. The van der Waals surface area contributed by atoms with Crippen LogP contribution in [0.4, 0.5) is 0 Å². The first kappa shape index (κ1) is 15.5. The van der Waals surface area contributed by atoms with Gasteiger partial charge in [0.25, 0.3) is 5.91 Å². The van der Waals surface area contributed by atoms with Crippen molar-refractivity contribution in [1.82, 2.24) is 20.1 Å². The van der Waals surface area contributed by atoms with Crippen molar-refractivity contribution in [2.45, 2.75) is 32.7 Å². The fourth-order valence-corrected chi connectivity index (χ4v) is 2.15. The lowest BCUT2D eigenvalue weighted by Gasteiger charge is -2.24. The van der Waals surface area contributed by atoms with Gasteiger partial charge in [0.1, 0.15) is 5.82 Å². The standard InChI is InChI=1S/C15H19ClN4O/c1-9(2)13-17-14(19-18-13)15(21)20(4)10(3)11-6-5-7-12(16)8-11/h5-10H,1-4H3,(H,17,18,19). The van der Waals surface area contributed by atoms with Crippen LogP contribution in [0.15, 0.2) is 24.3 Å². The van der Waals surface area contributed by atoms with E-state index in [0.717, 1.165) is 5.56 Å². The van der Waals surface area contributed by atoms with Crippen molar-refractivity contribution in [3.63, 3.8) is 0 Å². The maximum absolute atomic E-state index is 12.4. The number of amides is 1. The molecule has 112 valence electrons. The molecule has 2 rings (SSSR count). The summed E-state index contributed by atoms with van der Waals surface area (Å²) < 4.78 is 0. The molecule has 0 aliphatic heterocycles. The van der Waals surface area contributed by atoms with Crippen LogP contribution in [0.3, 0.4) is 0 Å². The van der Waals surface area contributed by atoms with Gasteiger partial charge in [-0.15, -0.1) is 5.10 Å². The van der Waals surface area contributed by atoms with Gasteiger partial charge >= 0.3 is 0 Å². The van der Waals surface area contributed by atoms with E-state index in [1.165, 1.54) is 0 Å². The van der Waals surface area contributed by atoms with E-state index in [-0.39, 0.29) is 23.7 Å². The van der Waals surface area contributed by atoms with Gasteiger partial charge in [-0.25, -0.2) is 4.98 Å². The molecular formula is C15H19ClN4O. The van der Waals surface area contributed by atoms with E-state index in [1.54, 1.807) is 11.9 Å². The van der Waals surface area contributed by atoms with Crippen LogP contribution in [-0.2, 0) is 0 Å². The van der Waals surface area contributed by atoms with Crippen molar-refractivity contribution >= 4 is 17.5 Å². The summed E-state index contributed by atoms with van der Waals surface area (Å²) in [5.74, 6) is 0.887. The second kappa shape index (κ2) is 6.26. The molecule has 0 aliphatic rings. The van der Waals surface area contributed by atoms with Crippen molar-refractivity contribution in [3.8, 4) is 0 Å². The minimum atomic E-state index is -0.217. The van der Waals surface area contributed by atoms with Crippen LogP contribution in [0.5, 0.6) is 0 Å². The van der Waals surface area contributed by atoms with Gasteiger partial charge in [-0.05, 0) is 24.6 Å². The Morgan fingerprint density at radius 2 is 2.05 bits per heavy atom. The summed E-state index contributed by atoms with van der Waals surface area (Å²) in [4.78, 5) is 18.3. The lowest BCUT2D eigenvalue weighted by Crippen LogP contribution is -2.30. The average molecular weight is 307 g/mol. The molecule has 0 saturated heterocycles. The zero-order chi connectivity index (χ0) is 15.6. The average Bonchev–Trinajstić information content (AvgIpc) is 2.95. The number of nitrogens with one attached hydrogen (secondary N) is 1. The van der Waals surface area contributed by atoms with Crippen molar-refractivity contribution in [3.05, 3.63) is 46.5 Å². The van der Waals surface area contributed by atoms with Gasteiger partial charge in [0.2, 0.25) is 5.82 Å². The van der Waals surface area contributed by atoms with Crippen LogP contribution in [0.2, 0.25) is 5.02 Å². The Labute approximate surface area is 129 Å². The highest BCUT2D eigenvalue weighted by molar-refractivity contribution is 6.30. The summed E-state index contributed by atoms with van der Waals surface area (Å²) >= 11 is 6.00. The van der Waals surface area contributed by atoms with Crippen LogP contribution in [0, 0.1) is 0 Å². The molecule has 21 heavy (non-hydrogen) atoms. The molecule has 1 N–H and O–H groups in total. The lowest BCUT2D eigenvalue weighted by molar-refractivity contribution is 0.0730. The summed E-state index contributed by atoms with van der Waals surface area (Å²) in [5, 5.41) is 7.45. The van der Waals surface area contributed by atoms with Crippen LogP contribution >= 0.6 is 11.6 Å². The van der Waals surface area contributed by atoms with E-state index in [0.29, 0.717) is 10.8 Å². The molecule has 0 saturated carbocycles. The molecule has 0 fully saturated rings. The molecule has 0 aliphatic carbocycles. The fraction of sp³-hybridized carbons (Fsp3) is 0.400. The molecule has 1 atom stereocenters. The Balaban J connectivity index is 2.18.